The number of rotatable bonds is 2. The summed E-state index contributed by atoms with van der Waals surface area (Å²) in [5.41, 5.74) is 5.99. The first-order valence-electron chi connectivity index (χ1n) is 5.81. The molecular formula is C12H16N4O2. The van der Waals surface area contributed by atoms with Gasteiger partial charge in [-0.1, -0.05) is 18.2 Å². The van der Waals surface area contributed by atoms with Gasteiger partial charge in [0.25, 0.3) is 0 Å². The van der Waals surface area contributed by atoms with Crippen LogP contribution in [0.1, 0.15) is 0 Å². The highest BCUT2D eigenvalue weighted by atomic mass is 16.2. The number of carbonyl (C=O) groups is 2. The topological polar surface area (TPSA) is 87.5 Å². The predicted octanol–water partition coefficient (Wildman–Crippen LogP) is -0.0224. The van der Waals surface area contributed by atoms with E-state index in [-0.39, 0.29) is 6.03 Å². The highest BCUT2D eigenvalue weighted by Gasteiger charge is 2.30. The second-order valence-electron chi connectivity index (χ2n) is 4.11. The molecule has 1 fully saturated rings. The SMILES string of the molecule is NC(=O)C1CNCCN1C(=O)Nc1ccccc1. The average molecular weight is 248 g/mol. The molecule has 0 spiro atoms. The van der Waals surface area contributed by atoms with E-state index in [0.29, 0.717) is 25.3 Å². The monoisotopic (exact) mass is 248 g/mol. The number of amides is 3. The van der Waals surface area contributed by atoms with Crippen LogP contribution >= 0.6 is 0 Å². The second kappa shape index (κ2) is 5.50. The lowest BCUT2D eigenvalue weighted by atomic mass is 10.2. The van der Waals surface area contributed by atoms with Gasteiger partial charge in [-0.05, 0) is 12.1 Å². The summed E-state index contributed by atoms with van der Waals surface area (Å²) in [5, 5.41) is 5.79. The van der Waals surface area contributed by atoms with Gasteiger partial charge in [-0.15, -0.1) is 0 Å². The summed E-state index contributed by atoms with van der Waals surface area (Å²) in [5.74, 6) is -0.495. The third-order valence-electron chi connectivity index (χ3n) is 2.86. The lowest BCUT2D eigenvalue weighted by Crippen LogP contribution is -2.59. The fraction of sp³-hybridized carbons (Fsp3) is 0.333. The molecule has 1 heterocycles. The molecule has 6 heteroatoms. The highest BCUT2D eigenvalue weighted by molar-refractivity contribution is 5.93. The molecule has 1 aliphatic heterocycles. The number of piperazine rings is 1. The Labute approximate surface area is 105 Å². The second-order valence-corrected chi connectivity index (χ2v) is 4.11. The van der Waals surface area contributed by atoms with Gasteiger partial charge in [0.05, 0.1) is 0 Å². The molecule has 18 heavy (non-hydrogen) atoms. The van der Waals surface area contributed by atoms with Crippen LogP contribution in [-0.4, -0.2) is 42.5 Å². The number of nitrogens with one attached hydrogen (secondary N) is 2. The lowest BCUT2D eigenvalue weighted by Gasteiger charge is -2.34. The van der Waals surface area contributed by atoms with Gasteiger partial charge >= 0.3 is 6.03 Å². The molecule has 0 aliphatic carbocycles. The van der Waals surface area contributed by atoms with Crippen LogP contribution in [-0.2, 0) is 4.79 Å². The van der Waals surface area contributed by atoms with Crippen molar-refractivity contribution in [2.45, 2.75) is 6.04 Å². The van der Waals surface area contributed by atoms with E-state index in [9.17, 15) is 9.59 Å². The van der Waals surface area contributed by atoms with Gasteiger partial charge in [0.2, 0.25) is 5.91 Å². The Morgan fingerprint density at radius 3 is 2.72 bits per heavy atom. The minimum Gasteiger partial charge on any atom is -0.368 e. The number of benzene rings is 1. The zero-order chi connectivity index (χ0) is 13.0. The molecule has 6 nitrogen and oxygen atoms in total. The fourth-order valence-corrected chi connectivity index (χ4v) is 1.92. The number of primary amides is 1. The van der Waals surface area contributed by atoms with Crippen molar-refractivity contribution in [3.8, 4) is 0 Å². The van der Waals surface area contributed by atoms with E-state index in [0.717, 1.165) is 0 Å². The lowest BCUT2D eigenvalue weighted by molar-refractivity contribution is -0.122. The molecule has 3 amide bonds. The summed E-state index contributed by atoms with van der Waals surface area (Å²) in [6, 6.07) is 8.22. The van der Waals surface area contributed by atoms with E-state index in [4.69, 9.17) is 5.73 Å². The quantitative estimate of drug-likeness (QED) is 0.687. The molecule has 0 aromatic heterocycles. The number of nitrogens with two attached hydrogens (primary N) is 1. The van der Waals surface area contributed by atoms with Crippen LogP contribution in [0.4, 0.5) is 10.5 Å². The van der Waals surface area contributed by atoms with Gasteiger partial charge < -0.3 is 21.3 Å². The number of nitrogens with zero attached hydrogens (tertiary/aromatic N) is 1. The third-order valence-corrected chi connectivity index (χ3v) is 2.86. The van der Waals surface area contributed by atoms with Crippen molar-refractivity contribution in [1.29, 1.82) is 0 Å². The maximum atomic E-state index is 12.1. The summed E-state index contributed by atoms with van der Waals surface area (Å²) < 4.78 is 0. The van der Waals surface area contributed by atoms with Crippen LogP contribution < -0.4 is 16.4 Å². The van der Waals surface area contributed by atoms with Crippen LogP contribution in [0, 0.1) is 0 Å². The molecule has 1 aromatic carbocycles. The molecule has 1 atom stereocenters. The number of hydrogen-bond acceptors (Lipinski definition) is 3. The maximum Gasteiger partial charge on any atom is 0.322 e. The van der Waals surface area contributed by atoms with Gasteiger partial charge in [-0.2, -0.15) is 0 Å². The van der Waals surface area contributed by atoms with Crippen LogP contribution in [0.15, 0.2) is 30.3 Å². The van der Waals surface area contributed by atoms with Gasteiger partial charge in [0, 0.05) is 25.3 Å². The molecular weight excluding hydrogens is 232 g/mol. The van der Waals surface area contributed by atoms with Crippen LogP contribution in [0.3, 0.4) is 0 Å². The molecule has 1 aliphatic rings. The maximum absolute atomic E-state index is 12.1. The van der Waals surface area contributed by atoms with Gasteiger partial charge in [-0.25, -0.2) is 4.79 Å². The summed E-state index contributed by atoms with van der Waals surface area (Å²) in [6.45, 7) is 1.52. The van der Waals surface area contributed by atoms with E-state index in [1.165, 1.54) is 4.90 Å². The Balaban J connectivity index is 2.05. The van der Waals surface area contributed by atoms with Crippen LogP contribution in [0.25, 0.3) is 0 Å². The molecule has 0 bridgehead atoms. The standard InChI is InChI=1S/C12H16N4O2/c13-11(17)10-8-14-6-7-16(10)12(18)15-9-4-2-1-3-5-9/h1-5,10,14H,6-8H2,(H2,13,17)(H,15,18). The Morgan fingerprint density at radius 1 is 1.33 bits per heavy atom. The Kier molecular flexibility index (Phi) is 3.78. The summed E-state index contributed by atoms with van der Waals surface area (Å²) in [7, 11) is 0. The van der Waals surface area contributed by atoms with E-state index >= 15 is 0 Å². The molecule has 1 unspecified atom stereocenters. The zero-order valence-electron chi connectivity index (χ0n) is 9.93. The van der Waals surface area contributed by atoms with Crippen molar-refractivity contribution >= 4 is 17.6 Å². The predicted molar refractivity (Wildman–Crippen MR) is 68.0 cm³/mol. The largest absolute Gasteiger partial charge is 0.368 e. The van der Waals surface area contributed by atoms with Crippen LogP contribution in [0.5, 0.6) is 0 Å². The number of anilines is 1. The molecule has 96 valence electrons. The molecule has 1 aromatic rings. The normalized spacial score (nSPS) is 19.3. The Hall–Kier alpha value is -2.08. The first-order chi connectivity index (χ1) is 8.68. The smallest absolute Gasteiger partial charge is 0.322 e. The minimum absolute atomic E-state index is 0.300. The van der Waals surface area contributed by atoms with Crippen molar-refractivity contribution in [1.82, 2.24) is 10.2 Å². The Morgan fingerprint density at radius 2 is 2.06 bits per heavy atom. The molecule has 2 rings (SSSR count). The van der Waals surface area contributed by atoms with Gasteiger partial charge in [0.1, 0.15) is 6.04 Å². The third kappa shape index (κ3) is 2.78. The van der Waals surface area contributed by atoms with Crippen molar-refractivity contribution in [2.24, 2.45) is 5.73 Å². The number of urea groups is 1. The summed E-state index contributed by atoms with van der Waals surface area (Å²) in [6.07, 6.45) is 0. The highest BCUT2D eigenvalue weighted by Crippen LogP contribution is 2.09. The van der Waals surface area contributed by atoms with Gasteiger partial charge in [-0.3, -0.25) is 4.79 Å². The molecule has 4 N–H and O–H groups in total. The number of carbonyl (C=O) groups excluding carboxylic acids is 2. The van der Waals surface area contributed by atoms with Crippen molar-refractivity contribution in [3.63, 3.8) is 0 Å². The molecule has 1 saturated heterocycles. The fourth-order valence-electron chi connectivity index (χ4n) is 1.92. The van der Waals surface area contributed by atoms with Gasteiger partial charge in [0.15, 0.2) is 0 Å². The van der Waals surface area contributed by atoms with E-state index in [1.807, 2.05) is 18.2 Å². The van der Waals surface area contributed by atoms with Crippen molar-refractivity contribution in [3.05, 3.63) is 30.3 Å². The Bertz CT molecular complexity index is 435. The first-order valence-corrected chi connectivity index (χ1v) is 5.81. The van der Waals surface area contributed by atoms with E-state index in [1.54, 1.807) is 12.1 Å². The van der Waals surface area contributed by atoms with Crippen molar-refractivity contribution in [2.75, 3.05) is 25.0 Å². The summed E-state index contributed by atoms with van der Waals surface area (Å²) >= 11 is 0. The minimum atomic E-state index is -0.595. The molecule has 0 radical (unpaired) electrons. The first kappa shape index (κ1) is 12.4. The number of hydrogen-bond donors (Lipinski definition) is 3. The van der Waals surface area contributed by atoms with Crippen LogP contribution in [0.2, 0.25) is 0 Å². The van der Waals surface area contributed by atoms with E-state index in [2.05, 4.69) is 10.6 Å². The summed E-state index contributed by atoms with van der Waals surface area (Å²) in [4.78, 5) is 24.8. The van der Waals surface area contributed by atoms with E-state index < -0.39 is 11.9 Å². The average Bonchev–Trinajstić information content (AvgIpc) is 2.40. The zero-order valence-corrected chi connectivity index (χ0v) is 9.93. The molecule has 0 saturated carbocycles. The number of para-hydroxylation sites is 1. The van der Waals surface area contributed by atoms with Crippen molar-refractivity contribution < 1.29 is 9.59 Å².